The van der Waals surface area contributed by atoms with Crippen molar-refractivity contribution in [1.29, 1.82) is 0 Å². The largest absolute Gasteiger partial charge is 0.504 e. The van der Waals surface area contributed by atoms with Gasteiger partial charge in [-0.15, -0.1) is 0 Å². The van der Waals surface area contributed by atoms with E-state index in [4.69, 9.17) is 9.47 Å². The van der Waals surface area contributed by atoms with E-state index in [1.165, 1.54) is 13.3 Å². The Hall–Kier alpha value is -3.48. The molecule has 0 unspecified atom stereocenters. The molecule has 3 rings (SSSR count). The molecule has 25 heavy (non-hydrogen) atoms. The van der Waals surface area contributed by atoms with Gasteiger partial charge in [-0.05, 0) is 36.4 Å². The summed E-state index contributed by atoms with van der Waals surface area (Å²) in [6, 6.07) is 12.2. The second kappa shape index (κ2) is 6.96. The molecule has 128 valence electrons. The number of hydrazone groups is 1. The fourth-order valence-electron chi connectivity index (χ4n) is 2.39. The van der Waals surface area contributed by atoms with Gasteiger partial charge in [-0.25, -0.2) is 5.43 Å². The first-order chi connectivity index (χ1) is 12.1. The van der Waals surface area contributed by atoms with E-state index < -0.39 is 5.91 Å². The summed E-state index contributed by atoms with van der Waals surface area (Å²) in [5.74, 6) is 0.610. The fourth-order valence-corrected chi connectivity index (χ4v) is 2.39. The Morgan fingerprint density at radius 2 is 2.04 bits per heavy atom. The minimum Gasteiger partial charge on any atom is -0.504 e. The minimum atomic E-state index is -0.395. The van der Waals surface area contributed by atoms with Crippen molar-refractivity contribution in [2.75, 3.05) is 14.2 Å². The van der Waals surface area contributed by atoms with Crippen molar-refractivity contribution in [3.63, 3.8) is 0 Å². The first-order valence-corrected chi connectivity index (χ1v) is 7.48. The Kier molecular flexibility index (Phi) is 4.56. The predicted octanol–water partition coefficient (Wildman–Crippen LogP) is 2.65. The van der Waals surface area contributed by atoms with Gasteiger partial charge < -0.3 is 19.6 Å². The number of nitrogens with zero attached hydrogens (tertiary/aromatic N) is 1. The lowest BCUT2D eigenvalue weighted by Crippen LogP contribution is -2.17. The van der Waals surface area contributed by atoms with Crippen molar-refractivity contribution in [2.45, 2.75) is 0 Å². The van der Waals surface area contributed by atoms with Crippen LogP contribution in [0.4, 0.5) is 0 Å². The molecule has 1 aromatic heterocycles. The van der Waals surface area contributed by atoms with Crippen LogP contribution in [0.5, 0.6) is 17.2 Å². The molecule has 0 radical (unpaired) electrons. The molecule has 0 fully saturated rings. The number of aromatic hydroxyl groups is 1. The zero-order chi connectivity index (χ0) is 17.8. The van der Waals surface area contributed by atoms with Crippen molar-refractivity contribution in [3.8, 4) is 17.2 Å². The molecule has 3 aromatic rings. The number of fused-ring (bicyclic) bond motifs is 1. The molecule has 0 atom stereocenters. The van der Waals surface area contributed by atoms with Gasteiger partial charge in [0, 0.05) is 16.5 Å². The van der Waals surface area contributed by atoms with Crippen LogP contribution >= 0.6 is 0 Å². The number of para-hydroxylation sites is 1. The Morgan fingerprint density at radius 1 is 1.20 bits per heavy atom. The quantitative estimate of drug-likeness (QED) is 0.492. The normalized spacial score (nSPS) is 11.0. The van der Waals surface area contributed by atoms with Crippen molar-refractivity contribution >= 4 is 23.0 Å². The molecule has 1 amide bonds. The number of rotatable bonds is 5. The summed E-state index contributed by atoms with van der Waals surface area (Å²) in [5, 5.41) is 14.7. The highest BCUT2D eigenvalue weighted by atomic mass is 16.5. The lowest BCUT2D eigenvalue weighted by atomic mass is 10.2. The van der Waals surface area contributed by atoms with Crippen LogP contribution in [0.25, 0.3) is 10.9 Å². The number of carbonyl (C=O) groups is 1. The standard InChI is InChI=1S/C18H17N3O4/c1-24-13-6-7-14-12(8-13)9-15(20-14)18(23)21-19-10-11-4-3-5-16(25-2)17(11)22/h3-10,20,22H,1-2H3,(H,21,23). The smallest absolute Gasteiger partial charge is 0.287 e. The summed E-state index contributed by atoms with van der Waals surface area (Å²) in [6.45, 7) is 0. The molecule has 7 heteroatoms. The van der Waals surface area contributed by atoms with Crippen LogP contribution in [0.2, 0.25) is 0 Å². The molecular formula is C18H17N3O4. The third-order valence-electron chi connectivity index (χ3n) is 3.69. The van der Waals surface area contributed by atoms with E-state index in [0.29, 0.717) is 22.8 Å². The summed E-state index contributed by atoms with van der Waals surface area (Å²) < 4.78 is 10.2. The van der Waals surface area contributed by atoms with E-state index in [1.807, 2.05) is 18.2 Å². The van der Waals surface area contributed by atoms with Gasteiger partial charge in [0.2, 0.25) is 0 Å². The van der Waals surface area contributed by atoms with Crippen LogP contribution in [0.15, 0.2) is 47.6 Å². The number of ether oxygens (including phenoxy) is 2. The van der Waals surface area contributed by atoms with E-state index >= 15 is 0 Å². The van der Waals surface area contributed by atoms with Gasteiger partial charge in [-0.3, -0.25) is 4.79 Å². The summed E-state index contributed by atoms with van der Waals surface area (Å²) in [4.78, 5) is 15.2. The lowest BCUT2D eigenvalue weighted by molar-refractivity contribution is 0.0951. The van der Waals surface area contributed by atoms with Crippen molar-refractivity contribution in [1.82, 2.24) is 10.4 Å². The maximum absolute atomic E-state index is 12.2. The van der Waals surface area contributed by atoms with Crippen LogP contribution in [0.3, 0.4) is 0 Å². The zero-order valence-electron chi connectivity index (χ0n) is 13.7. The maximum Gasteiger partial charge on any atom is 0.287 e. The Balaban J connectivity index is 1.74. The monoisotopic (exact) mass is 339 g/mol. The van der Waals surface area contributed by atoms with Crippen LogP contribution < -0.4 is 14.9 Å². The highest BCUT2D eigenvalue weighted by Crippen LogP contribution is 2.28. The minimum absolute atomic E-state index is 0.0410. The molecule has 0 bridgehead atoms. The number of methoxy groups -OCH3 is 2. The van der Waals surface area contributed by atoms with Crippen molar-refractivity contribution < 1.29 is 19.4 Å². The number of hydrogen-bond donors (Lipinski definition) is 3. The van der Waals surface area contributed by atoms with Crippen LogP contribution in [-0.2, 0) is 0 Å². The van der Waals surface area contributed by atoms with Gasteiger partial charge in [-0.1, -0.05) is 6.07 Å². The van der Waals surface area contributed by atoms with Crippen LogP contribution in [0.1, 0.15) is 16.1 Å². The van der Waals surface area contributed by atoms with Crippen molar-refractivity contribution in [2.24, 2.45) is 5.10 Å². The average molecular weight is 339 g/mol. The van der Waals surface area contributed by atoms with Crippen LogP contribution in [0, 0.1) is 0 Å². The van der Waals surface area contributed by atoms with Gasteiger partial charge in [0.25, 0.3) is 5.91 Å². The third kappa shape index (κ3) is 3.40. The third-order valence-corrected chi connectivity index (χ3v) is 3.69. The molecule has 0 saturated heterocycles. The fraction of sp³-hybridized carbons (Fsp3) is 0.111. The second-order valence-electron chi connectivity index (χ2n) is 5.23. The number of hydrogen-bond acceptors (Lipinski definition) is 5. The molecule has 2 aromatic carbocycles. The predicted molar refractivity (Wildman–Crippen MR) is 94.6 cm³/mol. The topological polar surface area (TPSA) is 95.9 Å². The summed E-state index contributed by atoms with van der Waals surface area (Å²) in [6.07, 6.45) is 1.35. The zero-order valence-corrected chi connectivity index (χ0v) is 13.7. The number of amides is 1. The molecular weight excluding hydrogens is 322 g/mol. The highest BCUT2D eigenvalue weighted by Gasteiger charge is 2.10. The first-order valence-electron chi connectivity index (χ1n) is 7.48. The van der Waals surface area contributed by atoms with E-state index in [1.54, 1.807) is 31.4 Å². The molecule has 1 heterocycles. The first kappa shape index (κ1) is 16.4. The number of nitrogens with one attached hydrogen (secondary N) is 2. The number of benzene rings is 2. The van der Waals surface area contributed by atoms with Crippen molar-refractivity contribution in [3.05, 3.63) is 53.7 Å². The molecule has 0 aliphatic carbocycles. The summed E-state index contributed by atoms with van der Waals surface area (Å²) in [5.41, 5.74) is 4.04. The SMILES string of the molecule is COc1ccc2[nH]c(C(=O)NN=Cc3cccc(OC)c3O)cc2c1. The summed E-state index contributed by atoms with van der Waals surface area (Å²) >= 11 is 0. The Morgan fingerprint density at radius 3 is 2.80 bits per heavy atom. The lowest BCUT2D eigenvalue weighted by Gasteiger charge is -2.04. The summed E-state index contributed by atoms with van der Waals surface area (Å²) in [7, 11) is 3.05. The van der Waals surface area contributed by atoms with Crippen LogP contribution in [-0.4, -0.2) is 36.4 Å². The van der Waals surface area contributed by atoms with E-state index in [2.05, 4.69) is 15.5 Å². The molecule has 3 N–H and O–H groups in total. The Labute approximate surface area is 143 Å². The molecule has 0 aliphatic rings. The number of aromatic nitrogens is 1. The number of carbonyl (C=O) groups excluding carboxylic acids is 1. The van der Waals surface area contributed by atoms with Gasteiger partial charge in [0.15, 0.2) is 11.5 Å². The van der Waals surface area contributed by atoms with Gasteiger partial charge in [0.1, 0.15) is 11.4 Å². The highest BCUT2D eigenvalue weighted by molar-refractivity contribution is 5.98. The number of aromatic amines is 1. The van der Waals surface area contributed by atoms with E-state index in [0.717, 1.165) is 10.9 Å². The molecule has 0 saturated carbocycles. The number of H-pyrrole nitrogens is 1. The average Bonchev–Trinajstić information content (AvgIpc) is 3.06. The maximum atomic E-state index is 12.2. The van der Waals surface area contributed by atoms with E-state index in [-0.39, 0.29) is 5.75 Å². The number of phenols is 1. The second-order valence-corrected chi connectivity index (χ2v) is 5.23. The Bertz CT molecular complexity index is 947. The molecule has 7 nitrogen and oxygen atoms in total. The van der Waals surface area contributed by atoms with Gasteiger partial charge in [-0.2, -0.15) is 5.10 Å². The number of phenolic OH excluding ortho intramolecular Hbond substituents is 1. The molecule has 0 aliphatic heterocycles. The van der Waals surface area contributed by atoms with Gasteiger partial charge in [0.05, 0.1) is 20.4 Å². The van der Waals surface area contributed by atoms with Gasteiger partial charge >= 0.3 is 0 Å². The van der Waals surface area contributed by atoms with E-state index in [9.17, 15) is 9.90 Å². The molecule has 0 spiro atoms.